The molecule has 31 heavy (non-hydrogen) atoms. The van der Waals surface area contributed by atoms with Crippen LogP contribution >= 0.6 is 32.9 Å². The summed E-state index contributed by atoms with van der Waals surface area (Å²) in [5.74, 6) is 0.786. The Bertz CT molecular complexity index is 1370. The summed E-state index contributed by atoms with van der Waals surface area (Å²) in [4.78, 5) is 17.4. The van der Waals surface area contributed by atoms with Crippen LogP contribution in [0.5, 0.6) is 0 Å². The lowest BCUT2D eigenvalue weighted by atomic mass is 10.1. The molecule has 0 spiro atoms. The van der Waals surface area contributed by atoms with Gasteiger partial charge in [-0.3, -0.25) is 9.36 Å². The molecule has 152 valence electrons. The smallest absolute Gasteiger partial charge is 0.255 e. The first-order valence-corrected chi connectivity index (χ1v) is 12.9. The monoisotopic (exact) mass is 458 g/mol. The van der Waals surface area contributed by atoms with E-state index < -0.39 is 0 Å². The summed E-state index contributed by atoms with van der Waals surface area (Å²) < 4.78 is 3.96. The molecule has 0 unspecified atom stereocenters. The van der Waals surface area contributed by atoms with Crippen molar-refractivity contribution in [2.24, 2.45) is 0 Å². The normalized spacial score (nSPS) is 11.6. The molecule has 0 saturated carbocycles. The van der Waals surface area contributed by atoms with E-state index in [2.05, 4.69) is 23.2 Å². The van der Waals surface area contributed by atoms with Crippen molar-refractivity contribution in [3.8, 4) is 0 Å². The first-order valence-electron chi connectivity index (χ1n) is 9.79. The SMILES string of the molecule is O=C(/C=C/c1ccccc1CSSc1nc2ccccc2s1)n1ccc2ccccc21. The Morgan fingerprint density at radius 3 is 2.71 bits per heavy atom. The van der Waals surface area contributed by atoms with Crippen molar-refractivity contribution in [3.05, 3.63) is 102 Å². The third kappa shape index (κ3) is 4.46. The van der Waals surface area contributed by atoms with Gasteiger partial charge in [0.25, 0.3) is 5.91 Å². The maximum absolute atomic E-state index is 12.7. The van der Waals surface area contributed by atoms with Gasteiger partial charge in [0.1, 0.15) is 0 Å². The first kappa shape index (κ1) is 20.1. The van der Waals surface area contributed by atoms with Gasteiger partial charge in [-0.05, 0) is 52.3 Å². The molecule has 2 heterocycles. The fourth-order valence-corrected chi connectivity index (χ4v) is 6.87. The van der Waals surface area contributed by atoms with E-state index in [1.807, 2.05) is 72.9 Å². The van der Waals surface area contributed by atoms with Crippen LogP contribution in [0.3, 0.4) is 0 Å². The summed E-state index contributed by atoms with van der Waals surface area (Å²) in [6, 6.07) is 26.3. The zero-order valence-corrected chi connectivity index (χ0v) is 18.9. The molecule has 0 bridgehead atoms. The van der Waals surface area contributed by atoms with E-state index in [1.54, 1.807) is 43.6 Å². The Kier molecular flexibility index (Phi) is 5.93. The minimum Gasteiger partial charge on any atom is -0.284 e. The standard InChI is InChI=1S/C25H18N2OS3/c28-24(27-16-15-19-8-3-5-11-22(19)27)14-13-18-7-1-2-9-20(18)17-29-31-25-26-21-10-4-6-12-23(21)30-25/h1-16H,17H2/b14-13+. The summed E-state index contributed by atoms with van der Waals surface area (Å²) in [7, 11) is 3.47. The molecule has 0 aliphatic rings. The lowest BCUT2D eigenvalue weighted by Crippen LogP contribution is -2.05. The third-order valence-electron chi connectivity index (χ3n) is 4.92. The van der Waals surface area contributed by atoms with E-state index in [0.717, 1.165) is 32.1 Å². The molecule has 0 atom stereocenters. The maximum Gasteiger partial charge on any atom is 0.255 e. The predicted octanol–water partition coefficient (Wildman–Crippen LogP) is 7.55. The molecule has 0 amide bonds. The van der Waals surface area contributed by atoms with E-state index in [4.69, 9.17) is 0 Å². The number of carbonyl (C=O) groups is 1. The lowest BCUT2D eigenvalue weighted by Gasteiger charge is -2.05. The van der Waals surface area contributed by atoms with Crippen molar-refractivity contribution in [1.82, 2.24) is 9.55 Å². The van der Waals surface area contributed by atoms with E-state index >= 15 is 0 Å². The van der Waals surface area contributed by atoms with Gasteiger partial charge in [-0.25, -0.2) is 4.98 Å². The average Bonchev–Trinajstić information content (AvgIpc) is 3.42. The van der Waals surface area contributed by atoms with Crippen molar-refractivity contribution in [2.45, 2.75) is 10.1 Å². The number of thiazole rings is 1. The van der Waals surface area contributed by atoms with Crippen LogP contribution in [-0.4, -0.2) is 15.5 Å². The number of carbonyl (C=O) groups excluding carboxylic acids is 1. The van der Waals surface area contributed by atoms with Crippen LogP contribution in [0.25, 0.3) is 27.2 Å². The van der Waals surface area contributed by atoms with E-state index in [-0.39, 0.29) is 5.91 Å². The zero-order valence-electron chi connectivity index (χ0n) is 16.5. The quantitative estimate of drug-likeness (QED) is 0.194. The van der Waals surface area contributed by atoms with Gasteiger partial charge in [-0.2, -0.15) is 0 Å². The molecule has 3 aromatic carbocycles. The minimum absolute atomic E-state index is 0.0486. The fraction of sp³-hybridized carbons (Fsp3) is 0.0400. The number of allylic oxidation sites excluding steroid dienone is 1. The summed E-state index contributed by atoms with van der Waals surface area (Å²) in [5, 5.41) is 1.06. The van der Waals surface area contributed by atoms with Gasteiger partial charge in [0.2, 0.25) is 0 Å². The Hall–Kier alpha value is -2.80. The van der Waals surface area contributed by atoms with Crippen molar-refractivity contribution in [1.29, 1.82) is 0 Å². The van der Waals surface area contributed by atoms with Crippen molar-refractivity contribution in [3.63, 3.8) is 0 Å². The topological polar surface area (TPSA) is 34.9 Å². The number of hydrogen-bond acceptors (Lipinski definition) is 5. The summed E-state index contributed by atoms with van der Waals surface area (Å²) >= 11 is 1.72. The number of aromatic nitrogens is 2. The second-order valence-electron chi connectivity index (χ2n) is 6.91. The number of hydrogen-bond donors (Lipinski definition) is 0. The van der Waals surface area contributed by atoms with Crippen LogP contribution in [0.4, 0.5) is 0 Å². The maximum atomic E-state index is 12.7. The molecule has 0 aliphatic carbocycles. The second-order valence-corrected chi connectivity index (χ2v) is 10.5. The van der Waals surface area contributed by atoms with Crippen LogP contribution in [0.15, 0.2) is 95.5 Å². The van der Waals surface area contributed by atoms with E-state index in [0.29, 0.717) is 0 Å². The highest BCUT2D eigenvalue weighted by molar-refractivity contribution is 8.76. The highest BCUT2D eigenvalue weighted by atomic mass is 33.1. The van der Waals surface area contributed by atoms with Crippen LogP contribution in [0.1, 0.15) is 15.9 Å². The Labute approximate surface area is 192 Å². The zero-order chi connectivity index (χ0) is 21.0. The third-order valence-corrected chi connectivity index (χ3v) is 8.53. The van der Waals surface area contributed by atoms with Crippen LogP contribution in [0.2, 0.25) is 0 Å². The summed E-state index contributed by atoms with van der Waals surface area (Å²) in [6.45, 7) is 0. The fourth-order valence-electron chi connectivity index (χ4n) is 3.37. The van der Waals surface area contributed by atoms with Gasteiger partial charge >= 0.3 is 0 Å². The predicted molar refractivity (Wildman–Crippen MR) is 135 cm³/mol. The highest BCUT2D eigenvalue weighted by Crippen LogP contribution is 2.38. The van der Waals surface area contributed by atoms with Gasteiger partial charge in [0.15, 0.2) is 4.34 Å². The number of para-hydroxylation sites is 2. The van der Waals surface area contributed by atoms with Crippen LogP contribution in [-0.2, 0) is 5.75 Å². The van der Waals surface area contributed by atoms with Crippen LogP contribution in [0, 0.1) is 0 Å². The molecular weight excluding hydrogens is 440 g/mol. The Morgan fingerprint density at radius 2 is 1.77 bits per heavy atom. The van der Waals surface area contributed by atoms with Gasteiger partial charge in [0, 0.05) is 23.4 Å². The van der Waals surface area contributed by atoms with Gasteiger partial charge in [0.05, 0.1) is 15.7 Å². The van der Waals surface area contributed by atoms with Gasteiger partial charge < -0.3 is 0 Å². The molecule has 0 fully saturated rings. The number of rotatable bonds is 6. The molecule has 3 nitrogen and oxygen atoms in total. The lowest BCUT2D eigenvalue weighted by molar-refractivity contribution is 0.0975. The Morgan fingerprint density at radius 1 is 0.968 bits per heavy atom. The number of nitrogens with zero attached hydrogens (tertiary/aromatic N) is 2. The van der Waals surface area contributed by atoms with E-state index in [9.17, 15) is 4.79 Å². The van der Waals surface area contributed by atoms with Crippen molar-refractivity contribution in [2.75, 3.05) is 0 Å². The molecular formula is C25H18N2OS3. The first-order chi connectivity index (χ1) is 15.3. The van der Waals surface area contributed by atoms with Gasteiger partial charge in [-0.1, -0.05) is 65.4 Å². The molecule has 0 aliphatic heterocycles. The highest BCUT2D eigenvalue weighted by Gasteiger charge is 2.08. The average molecular weight is 459 g/mol. The summed E-state index contributed by atoms with van der Waals surface area (Å²) in [5.41, 5.74) is 4.23. The molecule has 0 N–H and O–H groups in total. The summed E-state index contributed by atoms with van der Waals surface area (Å²) in [6.07, 6.45) is 5.39. The molecule has 0 radical (unpaired) electrons. The van der Waals surface area contributed by atoms with Crippen molar-refractivity contribution >= 4 is 66.0 Å². The van der Waals surface area contributed by atoms with Crippen LogP contribution < -0.4 is 0 Å². The number of benzene rings is 3. The molecule has 2 aromatic heterocycles. The van der Waals surface area contributed by atoms with E-state index in [1.165, 1.54) is 10.3 Å². The second kappa shape index (κ2) is 9.14. The molecule has 5 aromatic rings. The van der Waals surface area contributed by atoms with Gasteiger partial charge in [-0.15, -0.1) is 11.3 Å². The number of fused-ring (bicyclic) bond motifs is 2. The molecule has 6 heteroatoms. The molecule has 0 saturated heterocycles. The largest absolute Gasteiger partial charge is 0.284 e. The molecule has 5 rings (SSSR count). The van der Waals surface area contributed by atoms with Crippen molar-refractivity contribution < 1.29 is 4.79 Å². The minimum atomic E-state index is -0.0486. The Balaban J connectivity index is 1.28.